The van der Waals surface area contributed by atoms with Gasteiger partial charge in [0.2, 0.25) is 0 Å². The van der Waals surface area contributed by atoms with Crippen LogP contribution in [0.25, 0.3) is 16.5 Å². The first-order chi connectivity index (χ1) is 14.7. The quantitative estimate of drug-likeness (QED) is 0.433. The lowest BCUT2D eigenvalue weighted by Gasteiger charge is -2.07. The summed E-state index contributed by atoms with van der Waals surface area (Å²) in [5, 5.41) is 2.88. The van der Waals surface area contributed by atoms with Gasteiger partial charge in [-0.05, 0) is 18.2 Å². The molecule has 0 aliphatic carbocycles. The second-order valence-corrected chi connectivity index (χ2v) is 6.43. The van der Waals surface area contributed by atoms with E-state index in [2.05, 4.69) is 20.0 Å². The van der Waals surface area contributed by atoms with Crippen molar-refractivity contribution in [1.82, 2.24) is 15.3 Å². The summed E-state index contributed by atoms with van der Waals surface area (Å²) < 4.78 is 46.8. The molecule has 0 fully saturated rings. The van der Waals surface area contributed by atoms with Crippen LogP contribution >= 0.6 is 11.6 Å². The van der Waals surface area contributed by atoms with Crippen molar-refractivity contribution >= 4 is 40.0 Å². The molecule has 0 aliphatic heterocycles. The van der Waals surface area contributed by atoms with Crippen LogP contribution in [-0.4, -0.2) is 34.6 Å². The average Bonchev–Trinajstić information content (AvgIpc) is 3.07. The van der Waals surface area contributed by atoms with Crippen LogP contribution in [0.2, 0.25) is 5.02 Å². The second-order valence-electron chi connectivity index (χ2n) is 6.05. The SMILES string of the molecule is N/C=C(/C(=O)NCc1oc2c(C(=O)OCC(F)(F)F)cccc2c1Cl)c1ncccn1. The number of hydrogen-bond donors (Lipinski definition) is 2. The fourth-order valence-electron chi connectivity index (χ4n) is 2.58. The van der Waals surface area contributed by atoms with Gasteiger partial charge in [-0.2, -0.15) is 13.2 Å². The lowest BCUT2D eigenvalue weighted by molar-refractivity contribution is -0.161. The summed E-state index contributed by atoms with van der Waals surface area (Å²) in [6.07, 6.45) is -0.751. The Morgan fingerprint density at radius 3 is 2.58 bits per heavy atom. The molecule has 162 valence electrons. The summed E-state index contributed by atoms with van der Waals surface area (Å²) in [5.74, 6) is -1.66. The molecular weight excluding hydrogens is 441 g/mol. The van der Waals surface area contributed by atoms with Crippen LogP contribution < -0.4 is 11.1 Å². The third-order valence-electron chi connectivity index (χ3n) is 3.94. The molecule has 2 heterocycles. The Balaban J connectivity index is 1.80. The zero-order valence-corrected chi connectivity index (χ0v) is 16.3. The van der Waals surface area contributed by atoms with Gasteiger partial charge in [0.1, 0.15) is 16.9 Å². The van der Waals surface area contributed by atoms with Crippen molar-refractivity contribution in [1.29, 1.82) is 0 Å². The van der Waals surface area contributed by atoms with Gasteiger partial charge in [-0.15, -0.1) is 0 Å². The van der Waals surface area contributed by atoms with Gasteiger partial charge in [0.05, 0.1) is 17.1 Å². The Kier molecular flexibility index (Phi) is 6.44. The summed E-state index contributed by atoms with van der Waals surface area (Å²) in [6.45, 7) is -1.94. The summed E-state index contributed by atoms with van der Waals surface area (Å²) in [5.41, 5.74) is 5.20. The zero-order valence-electron chi connectivity index (χ0n) is 15.6. The van der Waals surface area contributed by atoms with Gasteiger partial charge in [0, 0.05) is 24.0 Å². The number of nitrogens with zero attached hydrogens (tertiary/aromatic N) is 2. The van der Waals surface area contributed by atoms with Gasteiger partial charge in [0.25, 0.3) is 5.91 Å². The van der Waals surface area contributed by atoms with E-state index in [0.29, 0.717) is 0 Å². The Morgan fingerprint density at radius 2 is 1.94 bits per heavy atom. The first-order valence-electron chi connectivity index (χ1n) is 8.62. The predicted molar refractivity (Wildman–Crippen MR) is 104 cm³/mol. The molecule has 0 radical (unpaired) electrons. The number of esters is 1. The Bertz CT molecular complexity index is 1150. The maximum absolute atomic E-state index is 12.4. The number of nitrogens with two attached hydrogens (primary N) is 1. The van der Waals surface area contributed by atoms with Crippen molar-refractivity contribution < 1.29 is 31.9 Å². The van der Waals surface area contributed by atoms with E-state index < -0.39 is 24.7 Å². The van der Waals surface area contributed by atoms with Crippen molar-refractivity contribution in [3.05, 3.63) is 65.0 Å². The average molecular weight is 455 g/mol. The number of hydrogen-bond acceptors (Lipinski definition) is 7. The molecule has 3 N–H and O–H groups in total. The van der Waals surface area contributed by atoms with Crippen LogP contribution in [0.15, 0.2) is 47.3 Å². The number of furan rings is 1. The zero-order chi connectivity index (χ0) is 22.6. The van der Waals surface area contributed by atoms with Crippen LogP contribution in [0.1, 0.15) is 21.9 Å². The Morgan fingerprint density at radius 1 is 1.23 bits per heavy atom. The first kappa shape index (κ1) is 22.1. The molecule has 12 heteroatoms. The summed E-state index contributed by atoms with van der Waals surface area (Å²) >= 11 is 6.26. The fourth-order valence-corrected chi connectivity index (χ4v) is 2.84. The molecule has 0 spiro atoms. The smallest absolute Gasteiger partial charge is 0.422 e. The summed E-state index contributed by atoms with van der Waals surface area (Å²) in [4.78, 5) is 32.4. The number of carbonyl (C=O) groups excluding carboxylic acids is 2. The van der Waals surface area contributed by atoms with Gasteiger partial charge in [-0.3, -0.25) is 4.79 Å². The number of carbonyl (C=O) groups is 2. The standard InChI is InChI=1S/C19H14ClF3N4O4/c20-14-10-3-1-4-11(18(29)30-9-19(21,22)23)15(10)31-13(14)8-27-17(28)12(7-24)16-25-5-2-6-26-16/h1-7H,8-9,24H2,(H,27,28)/b12-7+. The molecule has 3 rings (SSSR count). The van der Waals surface area contributed by atoms with Crippen molar-refractivity contribution in [2.75, 3.05) is 6.61 Å². The minimum Gasteiger partial charge on any atom is -0.457 e. The van der Waals surface area contributed by atoms with E-state index in [9.17, 15) is 22.8 Å². The molecule has 0 aliphatic rings. The molecule has 0 bridgehead atoms. The molecule has 1 aromatic carbocycles. The number of alkyl halides is 3. The monoisotopic (exact) mass is 454 g/mol. The van der Waals surface area contributed by atoms with E-state index in [0.717, 1.165) is 6.20 Å². The lowest BCUT2D eigenvalue weighted by atomic mass is 10.1. The number of fused-ring (bicyclic) bond motifs is 1. The highest BCUT2D eigenvalue weighted by molar-refractivity contribution is 6.36. The van der Waals surface area contributed by atoms with E-state index in [4.69, 9.17) is 21.8 Å². The number of amides is 1. The van der Waals surface area contributed by atoms with Crippen LogP contribution in [-0.2, 0) is 16.1 Å². The predicted octanol–water partition coefficient (Wildman–Crippen LogP) is 3.21. The molecular formula is C19H14ClF3N4O4. The molecule has 8 nitrogen and oxygen atoms in total. The third kappa shape index (κ3) is 5.12. The molecule has 1 amide bonds. The van der Waals surface area contributed by atoms with Crippen molar-refractivity contribution in [2.45, 2.75) is 12.7 Å². The number of aromatic nitrogens is 2. The highest BCUT2D eigenvalue weighted by Crippen LogP contribution is 2.33. The van der Waals surface area contributed by atoms with Crippen molar-refractivity contribution in [2.24, 2.45) is 5.73 Å². The first-order valence-corrected chi connectivity index (χ1v) is 9.00. The minimum absolute atomic E-state index is 0.00394. The minimum atomic E-state index is -4.67. The molecule has 0 unspecified atom stereocenters. The largest absolute Gasteiger partial charge is 0.457 e. The second kappa shape index (κ2) is 9.04. The van der Waals surface area contributed by atoms with Crippen LogP contribution in [0.3, 0.4) is 0 Å². The lowest BCUT2D eigenvalue weighted by Crippen LogP contribution is -2.25. The van der Waals surface area contributed by atoms with E-state index >= 15 is 0 Å². The third-order valence-corrected chi connectivity index (χ3v) is 4.35. The summed E-state index contributed by atoms with van der Waals surface area (Å²) in [7, 11) is 0. The van der Waals surface area contributed by atoms with Gasteiger partial charge in [-0.25, -0.2) is 14.8 Å². The number of nitrogens with one attached hydrogen (secondary N) is 1. The van der Waals surface area contributed by atoms with E-state index in [1.165, 1.54) is 30.6 Å². The maximum atomic E-state index is 12.4. The molecule has 0 saturated carbocycles. The Hall–Kier alpha value is -3.60. The van der Waals surface area contributed by atoms with Gasteiger partial charge in [0.15, 0.2) is 12.4 Å². The highest BCUT2D eigenvalue weighted by Gasteiger charge is 2.30. The molecule has 0 atom stereocenters. The van der Waals surface area contributed by atoms with E-state index in [1.54, 1.807) is 6.07 Å². The number of ether oxygens (including phenoxy) is 1. The highest BCUT2D eigenvalue weighted by atomic mass is 35.5. The van der Waals surface area contributed by atoms with E-state index in [1.807, 2.05) is 0 Å². The van der Waals surface area contributed by atoms with Gasteiger partial charge >= 0.3 is 12.1 Å². The maximum Gasteiger partial charge on any atom is 0.422 e. The summed E-state index contributed by atoms with van der Waals surface area (Å²) in [6, 6.07) is 5.74. The molecule has 3 aromatic rings. The van der Waals surface area contributed by atoms with E-state index in [-0.39, 0.29) is 45.3 Å². The fraction of sp³-hybridized carbons (Fsp3) is 0.158. The van der Waals surface area contributed by atoms with Gasteiger partial charge in [-0.1, -0.05) is 17.7 Å². The van der Waals surface area contributed by atoms with Crippen molar-refractivity contribution in [3.63, 3.8) is 0 Å². The van der Waals surface area contributed by atoms with Crippen LogP contribution in [0.4, 0.5) is 13.2 Å². The normalized spacial score (nSPS) is 12.1. The topological polar surface area (TPSA) is 120 Å². The molecule has 2 aromatic heterocycles. The van der Waals surface area contributed by atoms with Crippen molar-refractivity contribution in [3.8, 4) is 0 Å². The Labute approximate surface area is 177 Å². The number of benzene rings is 1. The van der Waals surface area contributed by atoms with Gasteiger partial charge < -0.3 is 20.2 Å². The van der Waals surface area contributed by atoms with Crippen LogP contribution in [0, 0.1) is 0 Å². The molecule has 31 heavy (non-hydrogen) atoms. The number of rotatable bonds is 6. The molecule has 0 saturated heterocycles. The number of halogens is 4. The van der Waals surface area contributed by atoms with Crippen LogP contribution in [0.5, 0.6) is 0 Å². The number of para-hydroxylation sites is 1.